The van der Waals surface area contributed by atoms with Crippen LogP contribution in [0.3, 0.4) is 0 Å². The Bertz CT molecular complexity index is 387. The van der Waals surface area contributed by atoms with Crippen molar-refractivity contribution < 1.29 is 0 Å². The number of fused-ring (bicyclic) bond motifs is 1. The number of hydrogen-bond acceptors (Lipinski definition) is 0. The predicted molar refractivity (Wildman–Crippen MR) is 59.5 cm³/mol. The van der Waals surface area contributed by atoms with E-state index in [4.69, 9.17) is 0 Å². The topological polar surface area (TPSA) is 0 Å². The standard InChI is InChI=1S/C12H14Se/c1-2-3-5-10-6-4-7-11-8-9-13-12(10)11/h4,6-9H,2-3,5H2,1H3. The second kappa shape index (κ2) is 4.13. The molecule has 0 fully saturated rings. The van der Waals surface area contributed by atoms with Gasteiger partial charge in [0.05, 0.1) is 0 Å². The minimum absolute atomic E-state index is 0.611. The molecule has 2 rings (SSSR count). The van der Waals surface area contributed by atoms with E-state index in [2.05, 4.69) is 36.1 Å². The summed E-state index contributed by atoms with van der Waals surface area (Å²) in [6, 6.07) is 8.99. The Labute approximate surface area is 85.3 Å². The van der Waals surface area contributed by atoms with E-state index in [0.29, 0.717) is 14.5 Å². The first-order valence-corrected chi connectivity index (χ1v) is 6.71. The molecule has 0 aliphatic rings. The van der Waals surface area contributed by atoms with Crippen molar-refractivity contribution in [1.82, 2.24) is 0 Å². The average Bonchev–Trinajstić information content (AvgIpc) is 2.62. The Morgan fingerprint density at radius 2 is 2.15 bits per heavy atom. The van der Waals surface area contributed by atoms with Crippen LogP contribution in [0.2, 0.25) is 0 Å². The van der Waals surface area contributed by atoms with Crippen LogP contribution in [0.5, 0.6) is 0 Å². The second-order valence-corrected chi connectivity index (χ2v) is 5.28. The Balaban J connectivity index is 2.37. The normalized spacial score (nSPS) is 10.8. The van der Waals surface area contributed by atoms with E-state index >= 15 is 0 Å². The van der Waals surface area contributed by atoms with Crippen LogP contribution in [-0.2, 0) is 6.42 Å². The van der Waals surface area contributed by atoms with Crippen LogP contribution in [0.15, 0.2) is 29.2 Å². The summed E-state index contributed by atoms with van der Waals surface area (Å²) in [4.78, 5) is 2.33. The number of unbranched alkanes of at least 4 members (excludes halogenated alkanes) is 1. The summed E-state index contributed by atoms with van der Waals surface area (Å²) in [5.41, 5.74) is 1.59. The first kappa shape index (κ1) is 9.05. The van der Waals surface area contributed by atoms with Gasteiger partial charge in [-0.05, 0) is 0 Å². The fraction of sp³-hybridized carbons (Fsp3) is 0.333. The summed E-state index contributed by atoms with van der Waals surface area (Å²) >= 11 is 0.611. The summed E-state index contributed by atoms with van der Waals surface area (Å²) in [5.74, 6) is 0. The molecule has 0 spiro atoms. The molecule has 68 valence electrons. The third-order valence-corrected chi connectivity index (χ3v) is 4.47. The molecule has 0 saturated heterocycles. The van der Waals surface area contributed by atoms with Gasteiger partial charge in [0.25, 0.3) is 0 Å². The molecule has 0 saturated carbocycles. The number of benzene rings is 1. The van der Waals surface area contributed by atoms with Gasteiger partial charge in [-0.3, -0.25) is 0 Å². The summed E-state index contributed by atoms with van der Waals surface area (Å²) in [7, 11) is 0. The maximum absolute atomic E-state index is 2.33. The van der Waals surface area contributed by atoms with Gasteiger partial charge < -0.3 is 0 Å². The quantitative estimate of drug-likeness (QED) is 0.719. The van der Waals surface area contributed by atoms with Gasteiger partial charge in [-0.15, -0.1) is 0 Å². The van der Waals surface area contributed by atoms with Gasteiger partial charge in [-0.2, -0.15) is 0 Å². The van der Waals surface area contributed by atoms with Crippen molar-refractivity contribution in [2.45, 2.75) is 26.2 Å². The van der Waals surface area contributed by atoms with Gasteiger partial charge in [-0.1, -0.05) is 0 Å². The molecule has 0 bridgehead atoms. The molecule has 0 nitrogen and oxygen atoms in total. The monoisotopic (exact) mass is 238 g/mol. The predicted octanol–water partition coefficient (Wildman–Crippen LogP) is 3.24. The molecule has 0 aliphatic heterocycles. The molecule has 13 heavy (non-hydrogen) atoms. The van der Waals surface area contributed by atoms with Gasteiger partial charge in [0.15, 0.2) is 0 Å². The Hall–Kier alpha value is -0.521. The van der Waals surface area contributed by atoms with Crippen molar-refractivity contribution in [1.29, 1.82) is 0 Å². The van der Waals surface area contributed by atoms with E-state index in [9.17, 15) is 0 Å². The first-order chi connectivity index (χ1) is 6.42. The first-order valence-electron chi connectivity index (χ1n) is 4.87. The van der Waals surface area contributed by atoms with E-state index < -0.39 is 0 Å². The Kier molecular flexibility index (Phi) is 2.87. The molecule has 0 unspecified atom stereocenters. The fourth-order valence-electron chi connectivity index (χ4n) is 1.62. The zero-order valence-corrected chi connectivity index (χ0v) is 9.63. The molecule has 1 heteroatoms. The van der Waals surface area contributed by atoms with Crippen LogP contribution < -0.4 is 0 Å². The van der Waals surface area contributed by atoms with Gasteiger partial charge in [0, 0.05) is 0 Å². The molecule has 2 aromatic rings. The van der Waals surface area contributed by atoms with Crippen molar-refractivity contribution in [3.8, 4) is 0 Å². The molecular formula is C12H14Se. The number of hydrogen-bond donors (Lipinski definition) is 0. The molecule has 1 aromatic carbocycles. The zero-order valence-electron chi connectivity index (χ0n) is 7.92. The van der Waals surface area contributed by atoms with Gasteiger partial charge in [-0.25, -0.2) is 0 Å². The van der Waals surface area contributed by atoms with E-state index in [1.165, 1.54) is 24.6 Å². The van der Waals surface area contributed by atoms with E-state index in [1.807, 2.05) is 0 Å². The molecule has 1 aromatic heterocycles. The second-order valence-electron chi connectivity index (χ2n) is 3.36. The van der Waals surface area contributed by atoms with Gasteiger partial charge in [0.2, 0.25) is 0 Å². The molecular weight excluding hydrogens is 223 g/mol. The third-order valence-electron chi connectivity index (χ3n) is 2.36. The van der Waals surface area contributed by atoms with Gasteiger partial charge in [0.1, 0.15) is 0 Å². The number of aryl methyl sites for hydroxylation is 1. The van der Waals surface area contributed by atoms with Crippen LogP contribution in [0, 0.1) is 0 Å². The van der Waals surface area contributed by atoms with Crippen molar-refractivity contribution in [2.24, 2.45) is 0 Å². The molecule has 0 aliphatic carbocycles. The van der Waals surface area contributed by atoms with Crippen LogP contribution in [0.25, 0.3) is 9.65 Å². The zero-order chi connectivity index (χ0) is 9.10. The Morgan fingerprint density at radius 1 is 1.23 bits per heavy atom. The van der Waals surface area contributed by atoms with Crippen LogP contribution in [0.1, 0.15) is 25.3 Å². The van der Waals surface area contributed by atoms with Crippen molar-refractivity contribution in [3.63, 3.8) is 0 Å². The van der Waals surface area contributed by atoms with Crippen molar-refractivity contribution >= 4 is 24.1 Å². The molecule has 0 amide bonds. The van der Waals surface area contributed by atoms with Crippen LogP contribution in [-0.4, -0.2) is 14.5 Å². The van der Waals surface area contributed by atoms with E-state index in [0.717, 1.165) is 0 Å². The number of rotatable bonds is 3. The van der Waals surface area contributed by atoms with Crippen LogP contribution in [0.4, 0.5) is 0 Å². The maximum atomic E-state index is 2.33. The van der Waals surface area contributed by atoms with Crippen molar-refractivity contribution in [2.75, 3.05) is 0 Å². The summed E-state index contributed by atoms with van der Waals surface area (Å²) in [6.45, 7) is 2.26. The molecule has 0 radical (unpaired) electrons. The van der Waals surface area contributed by atoms with Gasteiger partial charge >= 0.3 is 85.1 Å². The molecule has 0 atom stereocenters. The van der Waals surface area contributed by atoms with Crippen LogP contribution >= 0.6 is 0 Å². The summed E-state index contributed by atoms with van der Waals surface area (Å²) in [6.07, 6.45) is 3.89. The van der Waals surface area contributed by atoms with E-state index in [-0.39, 0.29) is 0 Å². The molecule has 1 heterocycles. The SMILES string of the molecule is CCCCc1cccc2cc[se]c12. The van der Waals surface area contributed by atoms with E-state index in [1.54, 1.807) is 9.82 Å². The summed E-state index contributed by atoms with van der Waals surface area (Å²) < 4.78 is 1.63. The average molecular weight is 237 g/mol. The fourth-order valence-corrected chi connectivity index (χ4v) is 3.60. The third kappa shape index (κ3) is 1.87. The Morgan fingerprint density at radius 3 is 3.00 bits per heavy atom. The minimum atomic E-state index is 0.611. The summed E-state index contributed by atoms with van der Waals surface area (Å²) in [5, 5.41) is 1.47. The van der Waals surface area contributed by atoms with Crippen molar-refractivity contribution in [3.05, 3.63) is 34.8 Å². The molecule has 0 N–H and O–H groups in total.